The SMILES string of the molecule is O=C(Nn1cnnc1)c1cc(Cl)ccc1O. The Morgan fingerprint density at radius 1 is 1.38 bits per heavy atom. The number of amides is 1. The number of rotatable bonds is 2. The Morgan fingerprint density at radius 2 is 2.06 bits per heavy atom. The zero-order valence-electron chi connectivity index (χ0n) is 7.96. The third-order valence-corrected chi connectivity index (χ3v) is 2.09. The van der Waals surface area contributed by atoms with Crippen molar-refractivity contribution < 1.29 is 9.90 Å². The van der Waals surface area contributed by atoms with Gasteiger partial charge in [-0.3, -0.25) is 10.2 Å². The summed E-state index contributed by atoms with van der Waals surface area (Å²) in [7, 11) is 0. The topological polar surface area (TPSA) is 80.0 Å². The Morgan fingerprint density at radius 3 is 2.75 bits per heavy atom. The standard InChI is InChI=1S/C9H7ClN4O2/c10-6-1-2-8(15)7(3-6)9(16)13-14-4-11-12-5-14/h1-5,15H,(H,13,16). The first-order valence-corrected chi connectivity index (χ1v) is 4.69. The summed E-state index contributed by atoms with van der Waals surface area (Å²) in [5.41, 5.74) is 2.52. The normalized spacial score (nSPS) is 10.1. The van der Waals surface area contributed by atoms with Crippen molar-refractivity contribution in [1.29, 1.82) is 0 Å². The lowest BCUT2D eigenvalue weighted by atomic mass is 10.2. The molecule has 6 nitrogen and oxygen atoms in total. The van der Waals surface area contributed by atoms with Gasteiger partial charge in [0.05, 0.1) is 5.56 Å². The highest BCUT2D eigenvalue weighted by Crippen LogP contribution is 2.21. The smallest absolute Gasteiger partial charge is 0.273 e. The van der Waals surface area contributed by atoms with E-state index in [-0.39, 0.29) is 11.3 Å². The largest absolute Gasteiger partial charge is 0.507 e. The summed E-state index contributed by atoms with van der Waals surface area (Å²) in [6, 6.07) is 4.21. The predicted octanol–water partition coefficient (Wildman–Crippen LogP) is 1.02. The lowest BCUT2D eigenvalue weighted by Crippen LogP contribution is -2.21. The second-order valence-electron chi connectivity index (χ2n) is 2.97. The predicted molar refractivity (Wildman–Crippen MR) is 56.8 cm³/mol. The van der Waals surface area contributed by atoms with Crippen LogP contribution in [0.15, 0.2) is 30.9 Å². The van der Waals surface area contributed by atoms with Crippen LogP contribution in [0, 0.1) is 0 Å². The summed E-state index contributed by atoms with van der Waals surface area (Å²) >= 11 is 5.72. The molecule has 0 unspecified atom stereocenters. The van der Waals surface area contributed by atoms with Gasteiger partial charge in [0, 0.05) is 5.02 Å². The highest BCUT2D eigenvalue weighted by atomic mass is 35.5. The number of nitrogens with one attached hydrogen (secondary N) is 1. The molecule has 2 rings (SSSR count). The molecule has 0 spiro atoms. The van der Waals surface area contributed by atoms with Gasteiger partial charge in [0.1, 0.15) is 18.4 Å². The lowest BCUT2D eigenvalue weighted by molar-refractivity contribution is 0.100. The first kappa shape index (κ1) is 10.4. The monoisotopic (exact) mass is 238 g/mol. The molecule has 16 heavy (non-hydrogen) atoms. The summed E-state index contributed by atoms with van der Waals surface area (Å²) < 4.78 is 1.27. The maximum absolute atomic E-state index is 11.7. The van der Waals surface area contributed by atoms with Crippen LogP contribution in [0.25, 0.3) is 0 Å². The summed E-state index contributed by atoms with van der Waals surface area (Å²) in [5.74, 6) is -0.644. The van der Waals surface area contributed by atoms with E-state index in [0.29, 0.717) is 5.02 Å². The Kier molecular flexibility index (Phi) is 2.74. The van der Waals surface area contributed by atoms with E-state index in [4.69, 9.17) is 11.6 Å². The Labute approximate surface area is 95.5 Å². The van der Waals surface area contributed by atoms with Crippen LogP contribution in [0.4, 0.5) is 0 Å². The highest BCUT2D eigenvalue weighted by molar-refractivity contribution is 6.31. The van der Waals surface area contributed by atoms with Crippen LogP contribution in [-0.4, -0.2) is 25.9 Å². The molecule has 82 valence electrons. The first-order valence-electron chi connectivity index (χ1n) is 4.31. The number of aromatic nitrogens is 3. The number of aromatic hydroxyl groups is 1. The highest BCUT2D eigenvalue weighted by Gasteiger charge is 2.11. The number of nitrogens with zero attached hydrogens (tertiary/aromatic N) is 3. The fourth-order valence-electron chi connectivity index (χ4n) is 1.13. The van der Waals surface area contributed by atoms with Crippen molar-refractivity contribution in [2.24, 2.45) is 0 Å². The molecule has 0 saturated heterocycles. The molecule has 0 aliphatic carbocycles. The average Bonchev–Trinajstić information content (AvgIpc) is 2.74. The van der Waals surface area contributed by atoms with Gasteiger partial charge in [-0.05, 0) is 18.2 Å². The van der Waals surface area contributed by atoms with Gasteiger partial charge in [-0.2, -0.15) is 0 Å². The van der Waals surface area contributed by atoms with E-state index < -0.39 is 5.91 Å². The van der Waals surface area contributed by atoms with Crippen molar-refractivity contribution in [2.75, 3.05) is 5.43 Å². The summed E-state index contributed by atoms with van der Waals surface area (Å²) in [6.07, 6.45) is 2.64. The molecular weight excluding hydrogens is 232 g/mol. The van der Waals surface area contributed by atoms with Gasteiger partial charge in [0.15, 0.2) is 0 Å². The minimum Gasteiger partial charge on any atom is -0.507 e. The fourth-order valence-corrected chi connectivity index (χ4v) is 1.30. The molecule has 0 atom stereocenters. The van der Waals surface area contributed by atoms with E-state index in [1.54, 1.807) is 0 Å². The molecular formula is C9H7ClN4O2. The van der Waals surface area contributed by atoms with Gasteiger partial charge in [-0.15, -0.1) is 10.2 Å². The van der Waals surface area contributed by atoms with E-state index in [0.717, 1.165) is 0 Å². The Bertz CT molecular complexity index is 512. The van der Waals surface area contributed by atoms with Gasteiger partial charge in [0.25, 0.3) is 5.91 Å². The van der Waals surface area contributed by atoms with Crippen molar-refractivity contribution in [2.45, 2.75) is 0 Å². The third kappa shape index (κ3) is 2.12. The third-order valence-electron chi connectivity index (χ3n) is 1.85. The number of hydrogen-bond acceptors (Lipinski definition) is 4. The van der Waals surface area contributed by atoms with E-state index in [1.165, 1.54) is 35.5 Å². The molecule has 0 saturated carbocycles. The van der Waals surface area contributed by atoms with Crippen LogP contribution in [-0.2, 0) is 0 Å². The van der Waals surface area contributed by atoms with E-state index in [1.807, 2.05) is 0 Å². The summed E-state index contributed by atoms with van der Waals surface area (Å²) in [4.78, 5) is 11.7. The molecule has 2 aromatic rings. The van der Waals surface area contributed by atoms with Gasteiger partial charge < -0.3 is 5.11 Å². The van der Waals surface area contributed by atoms with Crippen LogP contribution in [0.1, 0.15) is 10.4 Å². The molecule has 1 aromatic heterocycles. The number of phenols is 1. The molecule has 0 fully saturated rings. The van der Waals surface area contributed by atoms with Gasteiger partial charge in [-0.25, -0.2) is 4.68 Å². The van der Waals surface area contributed by atoms with E-state index in [9.17, 15) is 9.90 Å². The Balaban J connectivity index is 2.24. The minimum atomic E-state index is -0.500. The van der Waals surface area contributed by atoms with Crippen molar-refractivity contribution >= 4 is 17.5 Å². The maximum atomic E-state index is 11.7. The first-order chi connectivity index (χ1) is 7.66. The van der Waals surface area contributed by atoms with Gasteiger partial charge >= 0.3 is 0 Å². The quantitative estimate of drug-likeness (QED) is 0.819. The molecule has 0 aliphatic rings. The molecule has 1 aromatic carbocycles. The maximum Gasteiger partial charge on any atom is 0.273 e. The van der Waals surface area contributed by atoms with E-state index >= 15 is 0 Å². The number of carbonyl (C=O) groups excluding carboxylic acids is 1. The van der Waals surface area contributed by atoms with Crippen LogP contribution in [0.3, 0.4) is 0 Å². The second-order valence-corrected chi connectivity index (χ2v) is 3.41. The molecule has 1 heterocycles. The molecule has 1 amide bonds. The molecule has 0 aliphatic heterocycles. The lowest BCUT2D eigenvalue weighted by Gasteiger charge is -2.06. The fraction of sp³-hybridized carbons (Fsp3) is 0. The second kappa shape index (κ2) is 4.19. The molecule has 0 bridgehead atoms. The average molecular weight is 239 g/mol. The minimum absolute atomic E-state index is 0.0844. The zero-order chi connectivity index (χ0) is 11.5. The van der Waals surface area contributed by atoms with Crippen LogP contribution >= 0.6 is 11.6 Å². The number of halogens is 1. The van der Waals surface area contributed by atoms with E-state index in [2.05, 4.69) is 15.6 Å². The van der Waals surface area contributed by atoms with Crippen molar-refractivity contribution in [3.8, 4) is 5.75 Å². The summed E-state index contributed by atoms with van der Waals surface area (Å²) in [6.45, 7) is 0. The van der Waals surface area contributed by atoms with Crippen molar-refractivity contribution in [3.05, 3.63) is 41.4 Å². The number of phenolic OH excluding ortho intramolecular Hbond substituents is 1. The van der Waals surface area contributed by atoms with Gasteiger partial charge in [-0.1, -0.05) is 11.6 Å². The number of benzene rings is 1. The molecule has 7 heteroatoms. The van der Waals surface area contributed by atoms with Gasteiger partial charge in [0.2, 0.25) is 0 Å². The van der Waals surface area contributed by atoms with Crippen LogP contribution in [0.5, 0.6) is 5.75 Å². The van der Waals surface area contributed by atoms with Crippen LogP contribution < -0.4 is 5.43 Å². The number of carbonyl (C=O) groups is 1. The number of hydrogen-bond donors (Lipinski definition) is 2. The van der Waals surface area contributed by atoms with Crippen molar-refractivity contribution in [3.63, 3.8) is 0 Å². The zero-order valence-corrected chi connectivity index (χ0v) is 8.72. The Hall–Kier alpha value is -2.08. The van der Waals surface area contributed by atoms with Crippen LogP contribution in [0.2, 0.25) is 5.02 Å². The van der Waals surface area contributed by atoms with Crippen molar-refractivity contribution in [1.82, 2.24) is 14.9 Å². The molecule has 0 radical (unpaired) electrons. The summed E-state index contributed by atoms with van der Waals surface area (Å²) in [5, 5.41) is 16.9. The molecule has 2 N–H and O–H groups in total.